The van der Waals surface area contributed by atoms with E-state index in [9.17, 15) is 0 Å². The largest absolute Gasteiger partial charge is 0.364 e. The fourth-order valence-corrected chi connectivity index (χ4v) is 2.91. The van der Waals surface area contributed by atoms with Crippen molar-refractivity contribution in [2.24, 2.45) is 0 Å². The molecule has 3 nitrogen and oxygen atoms in total. The third kappa shape index (κ3) is 1.04. The maximum Gasteiger partial charge on any atom is 0.138 e. The van der Waals surface area contributed by atoms with Gasteiger partial charge in [-0.25, -0.2) is 9.97 Å². The maximum absolute atomic E-state index is 4.29. The first kappa shape index (κ1) is 8.17. The highest BCUT2D eigenvalue weighted by molar-refractivity contribution is 7.17. The fourth-order valence-electron chi connectivity index (χ4n) is 2.00. The van der Waals surface area contributed by atoms with Crippen LogP contribution in [0.2, 0.25) is 0 Å². The van der Waals surface area contributed by atoms with Gasteiger partial charge in [0, 0.05) is 5.54 Å². The van der Waals surface area contributed by atoms with Crippen molar-refractivity contribution in [2.45, 2.75) is 25.8 Å². The van der Waals surface area contributed by atoms with E-state index in [0.717, 1.165) is 17.1 Å². The summed E-state index contributed by atoms with van der Waals surface area (Å²) in [5.74, 6) is 0.988. The highest BCUT2D eigenvalue weighted by atomic mass is 32.1. The molecule has 0 atom stereocenters. The number of aromatic nitrogens is 2. The Labute approximate surface area is 86.2 Å². The summed E-state index contributed by atoms with van der Waals surface area (Å²) in [6, 6.07) is 0. The van der Waals surface area contributed by atoms with Crippen molar-refractivity contribution in [3.63, 3.8) is 0 Å². The molecule has 0 saturated heterocycles. The van der Waals surface area contributed by atoms with E-state index in [4.69, 9.17) is 0 Å². The number of rotatable bonds is 0. The normalized spacial score (nSPS) is 18.1. The van der Waals surface area contributed by atoms with Crippen molar-refractivity contribution in [1.29, 1.82) is 0 Å². The molecular weight excluding hydrogens is 194 g/mol. The lowest BCUT2D eigenvalue weighted by molar-refractivity contribution is 0.558. The number of anilines is 1. The number of thiophene rings is 1. The minimum Gasteiger partial charge on any atom is -0.364 e. The van der Waals surface area contributed by atoms with Gasteiger partial charge in [-0.2, -0.15) is 0 Å². The Hall–Kier alpha value is -1.16. The molecule has 1 aliphatic heterocycles. The van der Waals surface area contributed by atoms with Gasteiger partial charge in [0.25, 0.3) is 0 Å². The molecule has 4 heteroatoms. The van der Waals surface area contributed by atoms with Crippen molar-refractivity contribution in [3.05, 3.63) is 17.3 Å². The van der Waals surface area contributed by atoms with E-state index in [2.05, 4.69) is 34.5 Å². The van der Waals surface area contributed by atoms with E-state index in [1.807, 2.05) is 0 Å². The lowest BCUT2D eigenvalue weighted by Gasteiger charge is -2.31. The van der Waals surface area contributed by atoms with E-state index in [1.165, 1.54) is 10.9 Å². The molecule has 3 heterocycles. The second-order valence-electron chi connectivity index (χ2n) is 4.35. The van der Waals surface area contributed by atoms with Crippen LogP contribution < -0.4 is 5.32 Å². The molecule has 1 aliphatic rings. The maximum atomic E-state index is 4.29. The summed E-state index contributed by atoms with van der Waals surface area (Å²) in [5.41, 5.74) is 1.49. The van der Waals surface area contributed by atoms with E-state index >= 15 is 0 Å². The molecule has 0 saturated carbocycles. The highest BCUT2D eigenvalue weighted by Crippen LogP contribution is 2.36. The quantitative estimate of drug-likeness (QED) is 0.717. The van der Waals surface area contributed by atoms with Gasteiger partial charge in [-0.1, -0.05) is 0 Å². The smallest absolute Gasteiger partial charge is 0.138 e. The number of hydrogen-bond donors (Lipinski definition) is 1. The molecule has 0 amide bonds. The number of nitrogens with zero attached hydrogens (tertiary/aromatic N) is 2. The predicted octanol–water partition coefficient (Wildman–Crippen LogP) is 2.44. The Morgan fingerprint density at radius 1 is 1.43 bits per heavy atom. The standard InChI is InChI=1S/C10H11N3S/c1-10(2)3-6-4-14-9-7(6)8(13-10)11-5-12-9/h4-5H,3H2,1-2H3,(H,11,12,13). The Morgan fingerprint density at radius 2 is 2.29 bits per heavy atom. The Morgan fingerprint density at radius 3 is 3.14 bits per heavy atom. The molecule has 3 rings (SSSR count). The third-order valence-corrected chi connectivity index (χ3v) is 3.47. The van der Waals surface area contributed by atoms with Crippen molar-refractivity contribution in [2.75, 3.05) is 5.32 Å². The summed E-state index contributed by atoms with van der Waals surface area (Å²) in [5, 5.41) is 6.86. The fraction of sp³-hybridized carbons (Fsp3) is 0.400. The van der Waals surface area contributed by atoms with Crippen LogP contribution in [0.1, 0.15) is 19.4 Å². The molecule has 14 heavy (non-hydrogen) atoms. The van der Waals surface area contributed by atoms with Crippen LogP contribution in [0.5, 0.6) is 0 Å². The number of hydrogen-bond acceptors (Lipinski definition) is 4. The van der Waals surface area contributed by atoms with Gasteiger partial charge in [-0.3, -0.25) is 0 Å². The molecule has 0 fully saturated rings. The van der Waals surface area contributed by atoms with Gasteiger partial charge in [0.05, 0.1) is 5.39 Å². The second kappa shape index (κ2) is 2.45. The topological polar surface area (TPSA) is 37.8 Å². The molecule has 2 aromatic rings. The minimum absolute atomic E-state index is 0.107. The average molecular weight is 205 g/mol. The van der Waals surface area contributed by atoms with Gasteiger partial charge in [-0.15, -0.1) is 11.3 Å². The van der Waals surface area contributed by atoms with Crippen LogP contribution in [0, 0.1) is 0 Å². The van der Waals surface area contributed by atoms with Crippen LogP contribution in [-0.4, -0.2) is 15.5 Å². The summed E-state index contributed by atoms with van der Waals surface area (Å²) in [7, 11) is 0. The van der Waals surface area contributed by atoms with E-state index in [0.29, 0.717) is 0 Å². The summed E-state index contributed by atoms with van der Waals surface area (Å²) in [6.07, 6.45) is 2.68. The van der Waals surface area contributed by atoms with Crippen molar-refractivity contribution >= 4 is 27.4 Å². The zero-order valence-electron chi connectivity index (χ0n) is 8.16. The first-order valence-corrected chi connectivity index (χ1v) is 5.53. The van der Waals surface area contributed by atoms with Crippen molar-refractivity contribution < 1.29 is 0 Å². The summed E-state index contributed by atoms with van der Waals surface area (Å²) in [6.45, 7) is 4.39. The molecule has 0 aromatic carbocycles. The molecule has 1 N–H and O–H groups in total. The molecule has 0 spiro atoms. The van der Waals surface area contributed by atoms with Crippen LogP contribution >= 0.6 is 11.3 Å². The van der Waals surface area contributed by atoms with E-state index in [-0.39, 0.29) is 5.54 Å². The van der Waals surface area contributed by atoms with Crippen LogP contribution in [0.4, 0.5) is 5.82 Å². The zero-order chi connectivity index (χ0) is 9.76. The Kier molecular flexibility index (Phi) is 1.43. The van der Waals surface area contributed by atoms with Gasteiger partial charge in [0.2, 0.25) is 0 Å². The lowest BCUT2D eigenvalue weighted by atomic mass is 9.92. The van der Waals surface area contributed by atoms with Gasteiger partial charge in [0.1, 0.15) is 17.0 Å². The Bertz CT molecular complexity index is 501. The zero-order valence-corrected chi connectivity index (χ0v) is 8.98. The molecule has 0 radical (unpaired) electrons. The monoisotopic (exact) mass is 205 g/mol. The second-order valence-corrected chi connectivity index (χ2v) is 5.21. The SMILES string of the molecule is CC1(C)Cc2csc3ncnc(c23)N1. The van der Waals surface area contributed by atoms with Gasteiger partial charge < -0.3 is 5.32 Å². The molecule has 72 valence electrons. The van der Waals surface area contributed by atoms with Gasteiger partial charge in [0.15, 0.2) is 0 Å². The molecule has 0 bridgehead atoms. The first-order valence-electron chi connectivity index (χ1n) is 4.65. The van der Waals surface area contributed by atoms with Crippen molar-refractivity contribution in [3.8, 4) is 0 Å². The van der Waals surface area contributed by atoms with Crippen LogP contribution in [0.3, 0.4) is 0 Å². The third-order valence-electron chi connectivity index (χ3n) is 2.54. The van der Waals surface area contributed by atoms with Crippen LogP contribution in [0.25, 0.3) is 10.2 Å². The van der Waals surface area contributed by atoms with Crippen molar-refractivity contribution in [1.82, 2.24) is 9.97 Å². The lowest BCUT2D eigenvalue weighted by Crippen LogP contribution is -2.36. The molecule has 0 unspecified atom stereocenters. The highest BCUT2D eigenvalue weighted by Gasteiger charge is 2.27. The van der Waals surface area contributed by atoms with Crippen LogP contribution in [-0.2, 0) is 6.42 Å². The number of nitrogens with one attached hydrogen (secondary N) is 1. The molecule has 2 aromatic heterocycles. The first-order chi connectivity index (χ1) is 6.66. The Balaban J connectivity index is 2.34. The summed E-state index contributed by atoms with van der Waals surface area (Å²) < 4.78 is 0. The molecule has 0 aliphatic carbocycles. The average Bonchev–Trinajstić information content (AvgIpc) is 2.48. The van der Waals surface area contributed by atoms with Crippen LogP contribution in [0.15, 0.2) is 11.7 Å². The summed E-state index contributed by atoms with van der Waals surface area (Å²) >= 11 is 1.70. The minimum atomic E-state index is 0.107. The van der Waals surface area contributed by atoms with E-state index < -0.39 is 0 Å². The van der Waals surface area contributed by atoms with E-state index in [1.54, 1.807) is 17.7 Å². The van der Waals surface area contributed by atoms with Gasteiger partial charge in [-0.05, 0) is 31.2 Å². The summed E-state index contributed by atoms with van der Waals surface area (Å²) in [4.78, 5) is 9.64. The molecular formula is C10H11N3S. The predicted molar refractivity (Wildman–Crippen MR) is 58.8 cm³/mol. The van der Waals surface area contributed by atoms with Gasteiger partial charge >= 0.3 is 0 Å².